The van der Waals surface area contributed by atoms with Crippen LogP contribution in [0.5, 0.6) is 0 Å². The number of oxime groups is 1. The van der Waals surface area contributed by atoms with Gasteiger partial charge in [-0.15, -0.1) is 0 Å². The molecule has 0 amide bonds. The van der Waals surface area contributed by atoms with E-state index in [9.17, 15) is 4.39 Å². The third-order valence-electron chi connectivity index (χ3n) is 2.30. The molecule has 1 aliphatic carbocycles. The molecule has 0 aromatic heterocycles. The summed E-state index contributed by atoms with van der Waals surface area (Å²) in [6.45, 7) is 0. The molecule has 0 bridgehead atoms. The molecule has 0 radical (unpaired) electrons. The topological polar surface area (TPSA) is 32.6 Å². The highest BCUT2D eigenvalue weighted by atomic mass is 79.9. The predicted molar refractivity (Wildman–Crippen MR) is 55.1 cm³/mol. The van der Waals surface area contributed by atoms with E-state index in [2.05, 4.69) is 21.1 Å². The van der Waals surface area contributed by atoms with Gasteiger partial charge in [0, 0.05) is 11.5 Å². The zero-order valence-electron chi connectivity index (χ0n) is 7.37. The van der Waals surface area contributed by atoms with E-state index in [0.717, 1.165) is 12.8 Å². The highest BCUT2D eigenvalue weighted by molar-refractivity contribution is 9.10. The molecule has 0 aliphatic heterocycles. The smallest absolute Gasteiger partial charge is 0.146 e. The summed E-state index contributed by atoms with van der Waals surface area (Å²) in [6.07, 6.45) is 1.96. The van der Waals surface area contributed by atoms with Gasteiger partial charge in [0.2, 0.25) is 0 Å². The van der Waals surface area contributed by atoms with Gasteiger partial charge in [-0.05, 0) is 40.9 Å². The molecule has 0 heterocycles. The van der Waals surface area contributed by atoms with Crippen LogP contribution >= 0.6 is 15.9 Å². The fourth-order valence-electron chi connectivity index (χ4n) is 1.41. The van der Waals surface area contributed by atoms with Gasteiger partial charge in [0.15, 0.2) is 0 Å². The van der Waals surface area contributed by atoms with Gasteiger partial charge >= 0.3 is 0 Å². The normalized spacial score (nSPS) is 17.1. The van der Waals surface area contributed by atoms with Crippen molar-refractivity contribution in [3.8, 4) is 0 Å². The average Bonchev–Trinajstić information content (AvgIpc) is 2.97. The Hall–Kier alpha value is -0.900. The second-order valence-corrected chi connectivity index (χ2v) is 4.22. The van der Waals surface area contributed by atoms with Gasteiger partial charge < -0.3 is 5.21 Å². The van der Waals surface area contributed by atoms with Gasteiger partial charge in [0.25, 0.3) is 0 Å². The Bertz CT molecular complexity index is 388. The first kappa shape index (κ1) is 9.65. The van der Waals surface area contributed by atoms with Gasteiger partial charge in [-0.2, -0.15) is 0 Å². The highest BCUT2D eigenvalue weighted by Gasteiger charge is 2.31. The van der Waals surface area contributed by atoms with Gasteiger partial charge in [-0.3, -0.25) is 0 Å². The molecule has 14 heavy (non-hydrogen) atoms. The van der Waals surface area contributed by atoms with Crippen LogP contribution in [0.2, 0.25) is 0 Å². The average molecular weight is 258 g/mol. The molecule has 0 saturated heterocycles. The van der Waals surface area contributed by atoms with Crippen LogP contribution in [0.4, 0.5) is 4.39 Å². The zero-order chi connectivity index (χ0) is 10.1. The lowest BCUT2D eigenvalue weighted by Gasteiger charge is -2.05. The lowest BCUT2D eigenvalue weighted by Crippen LogP contribution is -2.06. The van der Waals surface area contributed by atoms with Crippen LogP contribution in [-0.4, -0.2) is 10.9 Å². The van der Waals surface area contributed by atoms with Crippen LogP contribution in [0, 0.1) is 11.7 Å². The second kappa shape index (κ2) is 3.69. The van der Waals surface area contributed by atoms with Crippen molar-refractivity contribution in [2.75, 3.05) is 0 Å². The molecular weight excluding hydrogens is 249 g/mol. The van der Waals surface area contributed by atoms with E-state index in [-0.39, 0.29) is 11.7 Å². The third kappa shape index (κ3) is 1.66. The molecule has 1 aromatic rings. The molecule has 0 atom stereocenters. The maximum atomic E-state index is 13.6. The summed E-state index contributed by atoms with van der Waals surface area (Å²) in [6, 6.07) is 4.99. The van der Waals surface area contributed by atoms with Crippen LogP contribution in [0.3, 0.4) is 0 Å². The SMILES string of the molecule is O/N=C(/c1cccc(Br)c1F)C1CC1. The fraction of sp³-hybridized carbons (Fsp3) is 0.300. The molecule has 74 valence electrons. The molecule has 1 saturated carbocycles. The van der Waals surface area contributed by atoms with Crippen LogP contribution in [0.25, 0.3) is 0 Å². The van der Waals surface area contributed by atoms with Crippen molar-refractivity contribution in [1.82, 2.24) is 0 Å². The number of halogens is 2. The van der Waals surface area contributed by atoms with Gasteiger partial charge in [-0.1, -0.05) is 11.2 Å². The molecule has 0 unspecified atom stereocenters. The minimum atomic E-state index is -0.354. The van der Waals surface area contributed by atoms with Crippen LogP contribution < -0.4 is 0 Å². The van der Waals surface area contributed by atoms with Gasteiger partial charge in [0.1, 0.15) is 5.82 Å². The standard InChI is InChI=1S/C10H9BrFNO/c11-8-3-1-2-7(9(8)12)10(13-14)6-4-5-6/h1-3,6,14H,4-5H2/b13-10+. The van der Waals surface area contributed by atoms with E-state index in [1.807, 2.05) is 0 Å². The van der Waals surface area contributed by atoms with Crippen molar-refractivity contribution in [3.05, 3.63) is 34.1 Å². The summed E-state index contributed by atoms with van der Waals surface area (Å²) in [5.41, 5.74) is 0.855. The van der Waals surface area contributed by atoms with Crippen molar-refractivity contribution in [3.63, 3.8) is 0 Å². The molecule has 0 spiro atoms. The summed E-state index contributed by atoms with van der Waals surface area (Å²) in [5.74, 6) is -0.129. The molecular formula is C10H9BrFNO. The van der Waals surface area contributed by atoms with Crippen LogP contribution in [0.15, 0.2) is 27.8 Å². The van der Waals surface area contributed by atoms with E-state index in [1.165, 1.54) is 0 Å². The minimum Gasteiger partial charge on any atom is -0.411 e. The highest BCUT2D eigenvalue weighted by Crippen LogP contribution is 2.34. The van der Waals surface area contributed by atoms with Gasteiger partial charge in [0.05, 0.1) is 10.2 Å². The summed E-state index contributed by atoms with van der Waals surface area (Å²) in [7, 11) is 0. The number of hydrogen-bond acceptors (Lipinski definition) is 2. The maximum Gasteiger partial charge on any atom is 0.146 e. The zero-order valence-corrected chi connectivity index (χ0v) is 8.96. The van der Waals surface area contributed by atoms with Crippen molar-refractivity contribution in [2.24, 2.45) is 11.1 Å². The number of nitrogens with zero attached hydrogens (tertiary/aromatic N) is 1. The largest absolute Gasteiger partial charge is 0.411 e. The van der Waals surface area contributed by atoms with E-state index < -0.39 is 0 Å². The van der Waals surface area contributed by atoms with E-state index in [4.69, 9.17) is 5.21 Å². The Morgan fingerprint density at radius 3 is 2.79 bits per heavy atom. The Labute approximate surface area is 89.6 Å². The quantitative estimate of drug-likeness (QED) is 0.493. The third-order valence-corrected chi connectivity index (χ3v) is 2.91. The monoisotopic (exact) mass is 257 g/mol. The van der Waals surface area contributed by atoms with Crippen LogP contribution in [0.1, 0.15) is 18.4 Å². The summed E-state index contributed by atoms with van der Waals surface area (Å²) in [4.78, 5) is 0. The second-order valence-electron chi connectivity index (χ2n) is 3.36. The molecule has 2 nitrogen and oxygen atoms in total. The van der Waals surface area contributed by atoms with E-state index in [0.29, 0.717) is 15.7 Å². The molecule has 2 rings (SSSR count). The lowest BCUT2D eigenvalue weighted by molar-refractivity contribution is 0.317. The molecule has 1 fully saturated rings. The Morgan fingerprint density at radius 2 is 2.21 bits per heavy atom. The minimum absolute atomic E-state index is 0.226. The van der Waals surface area contributed by atoms with Crippen LogP contribution in [-0.2, 0) is 0 Å². The van der Waals surface area contributed by atoms with E-state index in [1.54, 1.807) is 18.2 Å². The number of hydrogen-bond donors (Lipinski definition) is 1. The van der Waals surface area contributed by atoms with E-state index >= 15 is 0 Å². The first-order valence-electron chi connectivity index (χ1n) is 4.40. The first-order valence-corrected chi connectivity index (χ1v) is 5.19. The lowest BCUT2D eigenvalue weighted by atomic mass is 10.1. The summed E-state index contributed by atoms with van der Waals surface area (Å²) < 4.78 is 14.0. The predicted octanol–water partition coefficient (Wildman–Crippen LogP) is 3.18. The van der Waals surface area contributed by atoms with Crippen molar-refractivity contribution < 1.29 is 9.60 Å². The molecule has 1 N–H and O–H groups in total. The maximum absolute atomic E-state index is 13.6. The fourth-order valence-corrected chi connectivity index (χ4v) is 1.78. The first-order chi connectivity index (χ1) is 6.74. The Kier molecular flexibility index (Phi) is 2.54. The Morgan fingerprint density at radius 1 is 1.50 bits per heavy atom. The summed E-state index contributed by atoms with van der Waals surface area (Å²) in [5, 5.41) is 12.0. The summed E-state index contributed by atoms with van der Waals surface area (Å²) >= 11 is 3.10. The van der Waals surface area contributed by atoms with Gasteiger partial charge in [-0.25, -0.2) is 4.39 Å². The molecule has 1 aromatic carbocycles. The molecule has 4 heteroatoms. The van der Waals surface area contributed by atoms with Crippen molar-refractivity contribution in [1.29, 1.82) is 0 Å². The molecule has 1 aliphatic rings. The Balaban J connectivity index is 2.44. The number of rotatable bonds is 2. The van der Waals surface area contributed by atoms with Crippen molar-refractivity contribution in [2.45, 2.75) is 12.8 Å². The van der Waals surface area contributed by atoms with Crippen molar-refractivity contribution >= 4 is 21.6 Å². The number of benzene rings is 1.